The summed E-state index contributed by atoms with van der Waals surface area (Å²) in [6.45, 7) is 0.0846. The molecule has 2 aromatic rings. The largest absolute Gasteiger partial charge is 0.503 e. The van der Waals surface area contributed by atoms with Crippen LogP contribution in [-0.2, 0) is 16.1 Å². The second-order valence-corrected chi connectivity index (χ2v) is 5.66. The highest BCUT2D eigenvalue weighted by Gasteiger charge is 2.07. The van der Waals surface area contributed by atoms with Crippen LogP contribution in [-0.4, -0.2) is 18.2 Å². The minimum absolute atomic E-state index is 0.00500. The number of hydrogen-bond acceptors (Lipinski definition) is 5. The number of carbonyl (C=O) groups excluding carboxylic acids is 1. The molecule has 5 nitrogen and oxygen atoms in total. The van der Waals surface area contributed by atoms with Gasteiger partial charge < -0.3 is 14.6 Å². The molecule has 2 aromatic carbocycles. The average molecular weight is 388 g/mol. The maximum absolute atomic E-state index is 11.8. The summed E-state index contributed by atoms with van der Waals surface area (Å²) in [6.07, 6.45) is 2.84. The summed E-state index contributed by atoms with van der Waals surface area (Å²) >= 11 is 3.21. The molecule has 0 aliphatic heterocycles. The standard InChI is InChI=1S/C18H14BrNO4/c1-23-16-9-12(8-15(19)18(16)22)5-6-17(21)24-11-14-4-2-3-13(7-14)10-20/h2-9,22H,11H2,1H3/b6-5+. The SMILES string of the molecule is COc1cc(/C=C/C(=O)OCc2cccc(C#N)c2)cc(Br)c1O. The third kappa shape index (κ3) is 4.61. The van der Waals surface area contributed by atoms with Crippen LogP contribution in [0.5, 0.6) is 11.5 Å². The van der Waals surface area contributed by atoms with Crippen LogP contribution in [0.3, 0.4) is 0 Å². The third-order valence-electron chi connectivity index (χ3n) is 3.12. The number of phenols is 1. The molecule has 0 atom stereocenters. The van der Waals surface area contributed by atoms with Crippen LogP contribution in [0.25, 0.3) is 6.08 Å². The van der Waals surface area contributed by atoms with Crippen molar-refractivity contribution in [3.63, 3.8) is 0 Å². The average Bonchev–Trinajstić information content (AvgIpc) is 2.60. The van der Waals surface area contributed by atoms with E-state index >= 15 is 0 Å². The second-order valence-electron chi connectivity index (χ2n) is 4.81. The number of aromatic hydroxyl groups is 1. The summed E-state index contributed by atoms with van der Waals surface area (Å²) in [5, 5.41) is 18.6. The van der Waals surface area contributed by atoms with Gasteiger partial charge in [0.2, 0.25) is 0 Å². The van der Waals surface area contributed by atoms with Gasteiger partial charge in [0, 0.05) is 6.08 Å². The Kier molecular flexibility index (Phi) is 5.99. The maximum atomic E-state index is 11.8. The number of methoxy groups -OCH3 is 1. The van der Waals surface area contributed by atoms with Gasteiger partial charge in [-0.1, -0.05) is 12.1 Å². The van der Waals surface area contributed by atoms with Crippen molar-refractivity contribution < 1.29 is 19.4 Å². The number of halogens is 1. The highest BCUT2D eigenvalue weighted by molar-refractivity contribution is 9.10. The van der Waals surface area contributed by atoms with E-state index in [9.17, 15) is 9.90 Å². The fourth-order valence-electron chi connectivity index (χ4n) is 1.94. The molecule has 6 heteroatoms. The van der Waals surface area contributed by atoms with Crippen molar-refractivity contribution in [3.8, 4) is 17.6 Å². The highest BCUT2D eigenvalue weighted by atomic mass is 79.9. The van der Waals surface area contributed by atoms with E-state index in [2.05, 4.69) is 15.9 Å². The van der Waals surface area contributed by atoms with E-state index in [4.69, 9.17) is 14.7 Å². The molecule has 24 heavy (non-hydrogen) atoms. The van der Waals surface area contributed by atoms with Crippen molar-refractivity contribution in [2.45, 2.75) is 6.61 Å². The number of ether oxygens (including phenoxy) is 2. The predicted molar refractivity (Wildman–Crippen MR) is 92.3 cm³/mol. The van der Waals surface area contributed by atoms with Gasteiger partial charge in [-0.25, -0.2) is 4.79 Å². The molecule has 0 heterocycles. The molecule has 0 saturated heterocycles. The molecule has 0 fully saturated rings. The van der Waals surface area contributed by atoms with E-state index in [1.807, 2.05) is 6.07 Å². The van der Waals surface area contributed by atoms with Gasteiger partial charge in [0.15, 0.2) is 11.5 Å². The Morgan fingerprint density at radius 2 is 2.17 bits per heavy atom. The van der Waals surface area contributed by atoms with Crippen LogP contribution in [0.15, 0.2) is 46.9 Å². The van der Waals surface area contributed by atoms with Crippen LogP contribution >= 0.6 is 15.9 Å². The number of esters is 1. The van der Waals surface area contributed by atoms with Gasteiger partial charge in [-0.2, -0.15) is 5.26 Å². The van der Waals surface area contributed by atoms with E-state index < -0.39 is 5.97 Å². The molecule has 0 unspecified atom stereocenters. The fourth-order valence-corrected chi connectivity index (χ4v) is 2.40. The molecular weight excluding hydrogens is 374 g/mol. The zero-order valence-electron chi connectivity index (χ0n) is 12.8. The molecule has 0 radical (unpaired) electrons. The first-order valence-corrected chi connectivity index (χ1v) is 7.73. The number of carbonyl (C=O) groups is 1. The molecule has 1 N–H and O–H groups in total. The summed E-state index contributed by atoms with van der Waals surface area (Å²) in [4.78, 5) is 11.8. The summed E-state index contributed by atoms with van der Waals surface area (Å²) in [6, 6.07) is 12.1. The first-order valence-electron chi connectivity index (χ1n) is 6.94. The Hall–Kier alpha value is -2.78. The normalized spacial score (nSPS) is 10.4. The van der Waals surface area contributed by atoms with Gasteiger partial charge in [0.1, 0.15) is 6.61 Å². The second kappa shape index (κ2) is 8.18. The zero-order valence-corrected chi connectivity index (χ0v) is 14.4. The molecule has 0 amide bonds. The number of rotatable bonds is 5. The first-order chi connectivity index (χ1) is 11.5. The summed E-state index contributed by atoms with van der Waals surface area (Å²) in [5.41, 5.74) is 1.92. The molecule has 0 aliphatic carbocycles. The lowest BCUT2D eigenvalue weighted by Crippen LogP contribution is -2.00. The zero-order chi connectivity index (χ0) is 17.5. The molecular formula is C18H14BrNO4. The Morgan fingerprint density at radius 3 is 2.88 bits per heavy atom. The molecule has 0 bridgehead atoms. The molecule has 0 saturated carbocycles. The fraction of sp³-hybridized carbons (Fsp3) is 0.111. The Labute approximate surface area is 147 Å². The van der Waals surface area contributed by atoms with Crippen LogP contribution < -0.4 is 4.74 Å². The van der Waals surface area contributed by atoms with E-state index in [1.165, 1.54) is 13.2 Å². The molecule has 122 valence electrons. The van der Waals surface area contributed by atoms with E-state index in [0.29, 0.717) is 21.3 Å². The van der Waals surface area contributed by atoms with Gasteiger partial charge in [-0.05, 0) is 57.4 Å². The smallest absolute Gasteiger partial charge is 0.331 e. The van der Waals surface area contributed by atoms with Crippen LogP contribution in [0.4, 0.5) is 0 Å². The lowest BCUT2D eigenvalue weighted by molar-refractivity contribution is -0.138. The number of nitriles is 1. The lowest BCUT2D eigenvalue weighted by atomic mass is 10.1. The van der Waals surface area contributed by atoms with Crippen molar-refractivity contribution >= 4 is 28.0 Å². The molecule has 0 spiro atoms. The van der Waals surface area contributed by atoms with Crippen LogP contribution in [0, 0.1) is 11.3 Å². The Morgan fingerprint density at radius 1 is 1.38 bits per heavy atom. The Bertz CT molecular complexity index is 824. The van der Waals surface area contributed by atoms with Crippen molar-refractivity contribution in [1.82, 2.24) is 0 Å². The predicted octanol–water partition coefficient (Wildman–Crippen LogP) is 3.79. The van der Waals surface area contributed by atoms with Crippen LogP contribution in [0.1, 0.15) is 16.7 Å². The summed E-state index contributed by atoms with van der Waals surface area (Å²) in [5.74, 6) is -0.221. The quantitative estimate of drug-likeness (QED) is 0.623. The van der Waals surface area contributed by atoms with E-state index in [-0.39, 0.29) is 12.4 Å². The van der Waals surface area contributed by atoms with E-state index in [0.717, 1.165) is 5.56 Å². The third-order valence-corrected chi connectivity index (χ3v) is 3.72. The van der Waals surface area contributed by atoms with Gasteiger partial charge in [0.05, 0.1) is 23.2 Å². The molecule has 0 aromatic heterocycles. The number of benzene rings is 2. The lowest BCUT2D eigenvalue weighted by Gasteiger charge is -2.06. The van der Waals surface area contributed by atoms with Gasteiger partial charge in [-0.3, -0.25) is 0 Å². The number of phenolic OH excluding ortho intramolecular Hbond substituents is 1. The molecule has 2 rings (SSSR count). The maximum Gasteiger partial charge on any atom is 0.331 e. The van der Waals surface area contributed by atoms with Crippen molar-refractivity contribution in [3.05, 3.63) is 63.6 Å². The van der Waals surface area contributed by atoms with Crippen LogP contribution in [0.2, 0.25) is 0 Å². The van der Waals surface area contributed by atoms with Gasteiger partial charge >= 0.3 is 5.97 Å². The van der Waals surface area contributed by atoms with Crippen molar-refractivity contribution in [2.24, 2.45) is 0 Å². The Balaban J connectivity index is 2.00. The minimum Gasteiger partial charge on any atom is -0.503 e. The van der Waals surface area contributed by atoms with Crippen molar-refractivity contribution in [1.29, 1.82) is 5.26 Å². The summed E-state index contributed by atoms with van der Waals surface area (Å²) < 4.78 is 10.6. The van der Waals surface area contributed by atoms with Gasteiger partial charge in [0.25, 0.3) is 0 Å². The van der Waals surface area contributed by atoms with Gasteiger partial charge in [-0.15, -0.1) is 0 Å². The number of nitrogens with zero attached hydrogens (tertiary/aromatic N) is 1. The molecule has 0 aliphatic rings. The highest BCUT2D eigenvalue weighted by Crippen LogP contribution is 2.35. The van der Waals surface area contributed by atoms with E-state index in [1.54, 1.807) is 42.5 Å². The number of hydrogen-bond donors (Lipinski definition) is 1. The minimum atomic E-state index is -0.513. The van der Waals surface area contributed by atoms with Crippen molar-refractivity contribution in [2.75, 3.05) is 7.11 Å². The first kappa shape index (κ1) is 17.6. The monoisotopic (exact) mass is 387 g/mol. The topological polar surface area (TPSA) is 79.5 Å². The summed E-state index contributed by atoms with van der Waals surface area (Å²) in [7, 11) is 1.44.